The molecule has 1 spiro atoms. The molecule has 3 heterocycles. The lowest BCUT2D eigenvalue weighted by atomic mass is 9.80. The Kier molecular flexibility index (Phi) is 4.48. The number of ether oxygens (including phenoxy) is 1. The van der Waals surface area contributed by atoms with E-state index in [9.17, 15) is 0 Å². The highest BCUT2D eigenvalue weighted by Crippen LogP contribution is 2.44. The standard InChI is InChI=1S/C21H27N3O/c1-16-6-5-7-17(23-16)15-22-19-14-21(10-12-24(2)13-11-21)25-20-9-4-3-8-18(19)20/h3-9,19,22H,10-15H2,1-2H3. The van der Waals surface area contributed by atoms with Crippen LogP contribution in [0.25, 0.3) is 0 Å². The molecule has 0 aliphatic carbocycles. The number of benzene rings is 1. The van der Waals surface area contributed by atoms with Crippen LogP contribution in [-0.4, -0.2) is 35.6 Å². The summed E-state index contributed by atoms with van der Waals surface area (Å²) in [5.41, 5.74) is 3.41. The molecule has 1 N–H and O–H groups in total. The van der Waals surface area contributed by atoms with E-state index in [2.05, 4.69) is 58.6 Å². The van der Waals surface area contributed by atoms with E-state index in [1.165, 1.54) is 5.56 Å². The van der Waals surface area contributed by atoms with E-state index in [1.807, 2.05) is 13.0 Å². The minimum atomic E-state index is -0.0292. The first-order chi connectivity index (χ1) is 12.1. The molecule has 2 aliphatic heterocycles. The largest absolute Gasteiger partial charge is 0.487 e. The van der Waals surface area contributed by atoms with Crippen molar-refractivity contribution in [1.29, 1.82) is 0 Å². The number of nitrogens with zero attached hydrogens (tertiary/aromatic N) is 2. The fraction of sp³-hybridized carbons (Fsp3) is 0.476. The maximum absolute atomic E-state index is 6.53. The summed E-state index contributed by atoms with van der Waals surface area (Å²) in [4.78, 5) is 7.02. The Bertz CT molecular complexity index is 737. The van der Waals surface area contributed by atoms with E-state index in [-0.39, 0.29) is 5.60 Å². The van der Waals surface area contributed by atoms with Gasteiger partial charge in [0.15, 0.2) is 0 Å². The second-order valence-corrected chi connectivity index (χ2v) is 7.53. The van der Waals surface area contributed by atoms with Gasteiger partial charge in [0.2, 0.25) is 0 Å². The van der Waals surface area contributed by atoms with Crippen LogP contribution in [0.15, 0.2) is 42.5 Å². The van der Waals surface area contributed by atoms with Crippen molar-refractivity contribution in [3.05, 3.63) is 59.4 Å². The molecule has 0 saturated carbocycles. The van der Waals surface area contributed by atoms with Crippen molar-refractivity contribution in [1.82, 2.24) is 15.2 Å². The van der Waals surface area contributed by atoms with Crippen LogP contribution in [0.5, 0.6) is 5.75 Å². The zero-order valence-electron chi connectivity index (χ0n) is 15.2. The molecule has 1 atom stereocenters. The van der Waals surface area contributed by atoms with Crippen LogP contribution in [0.4, 0.5) is 0 Å². The smallest absolute Gasteiger partial charge is 0.124 e. The summed E-state index contributed by atoms with van der Waals surface area (Å²) in [6.45, 7) is 5.04. The van der Waals surface area contributed by atoms with Gasteiger partial charge in [-0.3, -0.25) is 4.98 Å². The summed E-state index contributed by atoms with van der Waals surface area (Å²) >= 11 is 0. The molecular formula is C21H27N3O. The van der Waals surface area contributed by atoms with Crippen LogP contribution in [0, 0.1) is 6.92 Å². The van der Waals surface area contributed by atoms with Gasteiger partial charge in [-0.2, -0.15) is 0 Å². The van der Waals surface area contributed by atoms with Crippen LogP contribution in [0.2, 0.25) is 0 Å². The molecule has 1 aromatic carbocycles. The second-order valence-electron chi connectivity index (χ2n) is 7.53. The predicted octanol–water partition coefficient (Wildman–Crippen LogP) is 3.47. The van der Waals surface area contributed by atoms with Crippen LogP contribution in [0.3, 0.4) is 0 Å². The maximum atomic E-state index is 6.53. The molecular weight excluding hydrogens is 310 g/mol. The maximum Gasteiger partial charge on any atom is 0.124 e. The third-order valence-electron chi connectivity index (χ3n) is 5.57. The number of para-hydroxylation sites is 1. The van der Waals surface area contributed by atoms with Crippen molar-refractivity contribution >= 4 is 0 Å². The summed E-state index contributed by atoms with van der Waals surface area (Å²) < 4.78 is 6.53. The molecule has 4 heteroatoms. The first kappa shape index (κ1) is 16.6. The van der Waals surface area contributed by atoms with Crippen LogP contribution in [0.1, 0.15) is 42.3 Å². The third-order valence-corrected chi connectivity index (χ3v) is 5.57. The van der Waals surface area contributed by atoms with Crippen LogP contribution < -0.4 is 10.1 Å². The Labute approximate surface area is 150 Å². The summed E-state index contributed by atoms with van der Waals surface area (Å²) in [5.74, 6) is 1.05. The highest BCUT2D eigenvalue weighted by atomic mass is 16.5. The number of pyridine rings is 1. The van der Waals surface area contributed by atoms with Crippen molar-refractivity contribution in [2.75, 3.05) is 20.1 Å². The van der Waals surface area contributed by atoms with E-state index < -0.39 is 0 Å². The van der Waals surface area contributed by atoms with Crippen molar-refractivity contribution in [2.24, 2.45) is 0 Å². The van der Waals surface area contributed by atoms with Gasteiger partial charge in [-0.1, -0.05) is 24.3 Å². The number of likely N-dealkylation sites (tertiary alicyclic amines) is 1. The first-order valence-corrected chi connectivity index (χ1v) is 9.26. The van der Waals surface area contributed by atoms with E-state index in [0.717, 1.165) is 56.0 Å². The van der Waals surface area contributed by atoms with Crippen molar-refractivity contribution < 1.29 is 4.74 Å². The molecule has 2 aromatic rings. The summed E-state index contributed by atoms with van der Waals surface area (Å²) in [5, 5.41) is 3.75. The third kappa shape index (κ3) is 3.55. The molecule has 1 fully saturated rings. The van der Waals surface area contributed by atoms with E-state index in [0.29, 0.717) is 6.04 Å². The van der Waals surface area contributed by atoms with Gasteiger partial charge >= 0.3 is 0 Å². The lowest BCUT2D eigenvalue weighted by Gasteiger charge is -2.46. The van der Waals surface area contributed by atoms with Gasteiger partial charge in [-0.25, -0.2) is 0 Å². The zero-order valence-corrected chi connectivity index (χ0v) is 15.2. The number of aryl methyl sites for hydroxylation is 1. The fourth-order valence-corrected chi connectivity index (χ4v) is 4.06. The van der Waals surface area contributed by atoms with E-state index >= 15 is 0 Å². The molecule has 4 nitrogen and oxygen atoms in total. The molecule has 25 heavy (non-hydrogen) atoms. The quantitative estimate of drug-likeness (QED) is 0.931. The summed E-state index contributed by atoms with van der Waals surface area (Å²) in [6.07, 6.45) is 3.22. The Hall–Kier alpha value is -1.91. The Morgan fingerprint density at radius 1 is 1.16 bits per heavy atom. The van der Waals surface area contributed by atoms with Gasteiger partial charge in [0, 0.05) is 43.4 Å². The molecule has 0 bridgehead atoms. The predicted molar refractivity (Wildman–Crippen MR) is 99.7 cm³/mol. The SMILES string of the molecule is Cc1cccc(CNC2CC3(CCN(C)CC3)Oc3ccccc32)n1. The number of hydrogen-bond donors (Lipinski definition) is 1. The van der Waals surface area contributed by atoms with Crippen molar-refractivity contribution in [2.45, 2.75) is 44.4 Å². The monoisotopic (exact) mass is 337 g/mol. The normalized spacial score (nSPS) is 22.4. The molecule has 132 valence electrons. The number of nitrogens with one attached hydrogen (secondary N) is 1. The van der Waals surface area contributed by atoms with Crippen LogP contribution >= 0.6 is 0 Å². The lowest BCUT2D eigenvalue weighted by molar-refractivity contribution is -0.0205. The fourth-order valence-electron chi connectivity index (χ4n) is 4.06. The molecule has 2 aliphatic rings. The van der Waals surface area contributed by atoms with Crippen molar-refractivity contribution in [3.63, 3.8) is 0 Å². The minimum absolute atomic E-state index is 0.0292. The molecule has 1 unspecified atom stereocenters. The van der Waals surface area contributed by atoms with Gasteiger partial charge in [-0.05, 0) is 45.0 Å². The Morgan fingerprint density at radius 2 is 1.96 bits per heavy atom. The number of rotatable bonds is 3. The number of hydrogen-bond acceptors (Lipinski definition) is 4. The van der Waals surface area contributed by atoms with Gasteiger partial charge < -0.3 is 15.0 Å². The molecule has 1 saturated heterocycles. The number of aromatic nitrogens is 1. The topological polar surface area (TPSA) is 37.4 Å². The van der Waals surface area contributed by atoms with Gasteiger partial charge in [-0.15, -0.1) is 0 Å². The lowest BCUT2D eigenvalue weighted by Crippen LogP contribution is -2.51. The number of piperidine rings is 1. The van der Waals surface area contributed by atoms with E-state index in [1.54, 1.807) is 0 Å². The number of fused-ring (bicyclic) bond motifs is 1. The Balaban J connectivity index is 1.55. The summed E-state index contributed by atoms with van der Waals surface area (Å²) in [7, 11) is 2.20. The van der Waals surface area contributed by atoms with Crippen molar-refractivity contribution in [3.8, 4) is 5.75 Å². The highest BCUT2D eigenvalue weighted by molar-refractivity contribution is 5.39. The van der Waals surface area contributed by atoms with Crippen LogP contribution in [-0.2, 0) is 6.54 Å². The Morgan fingerprint density at radius 3 is 2.76 bits per heavy atom. The second kappa shape index (κ2) is 6.77. The first-order valence-electron chi connectivity index (χ1n) is 9.26. The van der Waals surface area contributed by atoms with E-state index in [4.69, 9.17) is 4.74 Å². The van der Waals surface area contributed by atoms with Gasteiger partial charge in [0.05, 0.1) is 5.69 Å². The average molecular weight is 337 g/mol. The zero-order chi connectivity index (χ0) is 17.3. The molecule has 1 aromatic heterocycles. The minimum Gasteiger partial charge on any atom is -0.487 e. The van der Waals surface area contributed by atoms with Gasteiger partial charge in [0.1, 0.15) is 11.4 Å². The average Bonchev–Trinajstić information content (AvgIpc) is 2.62. The molecule has 0 radical (unpaired) electrons. The summed E-state index contributed by atoms with van der Waals surface area (Å²) in [6, 6.07) is 15.0. The molecule has 0 amide bonds. The van der Waals surface area contributed by atoms with Gasteiger partial charge in [0.25, 0.3) is 0 Å². The molecule has 4 rings (SSSR count). The highest BCUT2D eigenvalue weighted by Gasteiger charge is 2.42.